The van der Waals surface area contributed by atoms with E-state index in [2.05, 4.69) is 33.5 Å². The van der Waals surface area contributed by atoms with E-state index in [1.165, 1.54) is 17.3 Å². The predicted octanol–water partition coefficient (Wildman–Crippen LogP) is 4.48. The highest BCUT2D eigenvalue weighted by Crippen LogP contribution is 2.23. The van der Waals surface area contributed by atoms with Gasteiger partial charge in [-0.2, -0.15) is 0 Å². The van der Waals surface area contributed by atoms with Crippen LogP contribution in [0.5, 0.6) is 0 Å². The van der Waals surface area contributed by atoms with E-state index in [9.17, 15) is 4.79 Å². The molecule has 0 aliphatic heterocycles. The first kappa shape index (κ1) is 23.0. The number of ether oxygens (including phenoxy) is 1. The summed E-state index contributed by atoms with van der Waals surface area (Å²) in [6, 6.07) is 12.2. The van der Waals surface area contributed by atoms with Crippen LogP contribution >= 0.6 is 11.8 Å². The predicted molar refractivity (Wildman–Crippen MR) is 125 cm³/mol. The maximum atomic E-state index is 13.0. The monoisotopic (exact) mass is 438 g/mol. The lowest BCUT2D eigenvalue weighted by Crippen LogP contribution is -2.09. The second kappa shape index (κ2) is 11.1. The van der Waals surface area contributed by atoms with Crippen molar-refractivity contribution in [1.82, 2.24) is 19.3 Å². The summed E-state index contributed by atoms with van der Waals surface area (Å²) in [7, 11) is 1.71. The number of aryl methyl sites for hydroxylation is 1. The minimum absolute atomic E-state index is 0.105. The summed E-state index contributed by atoms with van der Waals surface area (Å²) in [5.74, 6) is 1.30. The Bertz CT molecular complexity index is 1020. The van der Waals surface area contributed by atoms with Crippen molar-refractivity contribution in [3.05, 3.63) is 77.4 Å². The normalized spacial score (nSPS) is 11.1. The molecule has 3 aromatic rings. The number of nitrogens with zero attached hydrogens (tertiary/aromatic N) is 4. The zero-order valence-corrected chi connectivity index (χ0v) is 19.3. The number of ketones is 1. The van der Waals surface area contributed by atoms with Crippen molar-refractivity contribution < 1.29 is 9.53 Å². The minimum Gasteiger partial charge on any atom is -0.385 e. The molecule has 0 saturated heterocycles. The quantitative estimate of drug-likeness (QED) is 0.181. The van der Waals surface area contributed by atoms with Gasteiger partial charge in [-0.3, -0.25) is 4.79 Å². The van der Waals surface area contributed by atoms with Crippen LogP contribution in [0.15, 0.2) is 54.2 Å². The Hall–Kier alpha value is -2.64. The summed E-state index contributed by atoms with van der Waals surface area (Å²) in [5.41, 5.74) is 4.06. The Morgan fingerprint density at radius 1 is 1.19 bits per heavy atom. The molecule has 164 valence electrons. The Morgan fingerprint density at radius 2 is 1.97 bits per heavy atom. The number of thioether (sulfide) groups is 1. The summed E-state index contributed by atoms with van der Waals surface area (Å²) in [4.78, 5) is 13.0. The topological polar surface area (TPSA) is 61.9 Å². The molecule has 0 atom stereocenters. The molecular formula is C24H30N4O2S. The molecule has 0 bridgehead atoms. The van der Waals surface area contributed by atoms with Crippen LogP contribution < -0.4 is 0 Å². The fraction of sp³-hybridized carbons (Fsp3) is 0.375. The molecule has 0 radical (unpaired) electrons. The van der Waals surface area contributed by atoms with Gasteiger partial charge in [0.2, 0.25) is 0 Å². The summed E-state index contributed by atoms with van der Waals surface area (Å²) < 4.78 is 9.37. The van der Waals surface area contributed by atoms with Crippen LogP contribution in [-0.4, -0.2) is 44.6 Å². The van der Waals surface area contributed by atoms with Crippen LogP contribution in [0.25, 0.3) is 0 Å². The largest absolute Gasteiger partial charge is 0.385 e. The highest BCUT2D eigenvalue weighted by atomic mass is 32.2. The Kier molecular flexibility index (Phi) is 8.26. The number of rotatable bonds is 12. The van der Waals surface area contributed by atoms with Gasteiger partial charge in [-0.25, -0.2) is 0 Å². The highest BCUT2D eigenvalue weighted by molar-refractivity contribution is 7.99. The maximum Gasteiger partial charge on any atom is 0.191 e. The molecule has 0 amide bonds. The number of carbonyl (C=O) groups is 1. The summed E-state index contributed by atoms with van der Waals surface area (Å²) >= 11 is 1.43. The second-order valence-electron chi connectivity index (χ2n) is 7.46. The third-order valence-electron chi connectivity index (χ3n) is 5.25. The molecule has 7 heteroatoms. The summed E-state index contributed by atoms with van der Waals surface area (Å²) in [6.07, 6.45) is 3.44. The number of Topliss-reactive ketones (excluding diaryl/α,β-unsaturated/α-hetero) is 1. The molecule has 2 heterocycles. The Labute approximate surface area is 188 Å². The van der Waals surface area contributed by atoms with Crippen molar-refractivity contribution in [1.29, 1.82) is 0 Å². The van der Waals surface area contributed by atoms with E-state index in [1.54, 1.807) is 7.11 Å². The molecule has 0 aliphatic carbocycles. The lowest BCUT2D eigenvalue weighted by Gasteiger charge is -2.09. The molecule has 31 heavy (non-hydrogen) atoms. The number of aromatic nitrogens is 4. The van der Waals surface area contributed by atoms with Crippen molar-refractivity contribution in [2.45, 2.75) is 44.9 Å². The van der Waals surface area contributed by atoms with E-state index < -0.39 is 0 Å². The van der Waals surface area contributed by atoms with E-state index in [4.69, 9.17) is 4.74 Å². The van der Waals surface area contributed by atoms with Gasteiger partial charge >= 0.3 is 0 Å². The zero-order valence-electron chi connectivity index (χ0n) is 18.5. The number of benzene rings is 1. The van der Waals surface area contributed by atoms with Crippen LogP contribution in [-0.2, 0) is 24.2 Å². The Morgan fingerprint density at radius 3 is 2.68 bits per heavy atom. The standard InChI is InChI=1S/C24H30N4O2S/c1-5-12-28-23(16-20-10-7-6-8-11-20)25-26-24(28)31-17-22(29)21-15-18(2)27(19(21)3)13-9-14-30-4/h5-8,10-11,15H,1,9,12-14,16-17H2,2-4H3. The SMILES string of the molecule is C=CCn1c(Cc2ccccc2)nnc1SCC(=O)c1cc(C)n(CCCOC)c1C. The third-order valence-corrected chi connectivity index (χ3v) is 6.21. The molecule has 0 spiro atoms. The van der Waals surface area contributed by atoms with Crippen molar-refractivity contribution in [3.63, 3.8) is 0 Å². The fourth-order valence-corrected chi connectivity index (χ4v) is 4.50. The van der Waals surface area contributed by atoms with Gasteiger partial charge in [0.1, 0.15) is 5.82 Å². The number of methoxy groups -OCH3 is 1. The highest BCUT2D eigenvalue weighted by Gasteiger charge is 2.18. The van der Waals surface area contributed by atoms with Crippen LogP contribution in [0.3, 0.4) is 0 Å². The molecule has 6 nitrogen and oxygen atoms in total. The fourth-order valence-electron chi connectivity index (χ4n) is 3.65. The molecule has 0 saturated carbocycles. The Balaban J connectivity index is 1.70. The van der Waals surface area contributed by atoms with E-state index in [0.29, 0.717) is 25.3 Å². The van der Waals surface area contributed by atoms with Crippen molar-refractivity contribution in [3.8, 4) is 0 Å². The number of allylic oxidation sites excluding steroid dienone is 1. The first-order chi connectivity index (χ1) is 15.0. The lowest BCUT2D eigenvalue weighted by atomic mass is 10.1. The van der Waals surface area contributed by atoms with Crippen LogP contribution in [0.2, 0.25) is 0 Å². The van der Waals surface area contributed by atoms with E-state index >= 15 is 0 Å². The molecular weight excluding hydrogens is 408 g/mol. The molecule has 2 aromatic heterocycles. The molecule has 3 rings (SSSR count). The molecule has 1 aromatic carbocycles. The third kappa shape index (κ3) is 5.74. The van der Waals surface area contributed by atoms with Gasteiger partial charge in [-0.05, 0) is 31.9 Å². The molecule has 0 N–H and O–H groups in total. The van der Waals surface area contributed by atoms with E-state index in [1.807, 2.05) is 48.8 Å². The first-order valence-electron chi connectivity index (χ1n) is 10.4. The second-order valence-corrected chi connectivity index (χ2v) is 8.40. The maximum absolute atomic E-state index is 13.0. The van der Waals surface area contributed by atoms with Gasteiger partial charge in [-0.1, -0.05) is 48.2 Å². The summed E-state index contributed by atoms with van der Waals surface area (Å²) in [5, 5.41) is 9.47. The first-order valence-corrected chi connectivity index (χ1v) is 11.4. The van der Waals surface area contributed by atoms with Crippen molar-refractivity contribution in [2.24, 2.45) is 0 Å². The minimum atomic E-state index is 0.105. The average Bonchev–Trinajstić information content (AvgIpc) is 3.28. The molecule has 0 aliphatic rings. The van der Waals surface area contributed by atoms with Gasteiger partial charge in [0.05, 0.1) is 5.75 Å². The van der Waals surface area contributed by atoms with Crippen LogP contribution in [0.1, 0.15) is 39.6 Å². The van der Waals surface area contributed by atoms with Crippen molar-refractivity contribution in [2.75, 3.05) is 19.5 Å². The van der Waals surface area contributed by atoms with Gasteiger partial charge in [0.25, 0.3) is 0 Å². The van der Waals surface area contributed by atoms with Crippen LogP contribution in [0.4, 0.5) is 0 Å². The average molecular weight is 439 g/mol. The zero-order chi connectivity index (χ0) is 22.2. The number of hydrogen-bond acceptors (Lipinski definition) is 5. The van der Waals surface area contributed by atoms with E-state index in [-0.39, 0.29) is 5.78 Å². The molecule has 0 fully saturated rings. The van der Waals surface area contributed by atoms with Gasteiger partial charge in [-0.15, -0.1) is 16.8 Å². The van der Waals surface area contributed by atoms with Crippen LogP contribution in [0, 0.1) is 13.8 Å². The smallest absolute Gasteiger partial charge is 0.191 e. The van der Waals surface area contributed by atoms with Gasteiger partial charge in [0, 0.05) is 50.2 Å². The molecule has 0 unspecified atom stereocenters. The van der Waals surface area contributed by atoms with E-state index in [0.717, 1.165) is 40.9 Å². The summed E-state index contributed by atoms with van der Waals surface area (Å²) in [6.45, 7) is 10.1. The van der Waals surface area contributed by atoms with Crippen molar-refractivity contribution >= 4 is 17.5 Å². The number of carbonyl (C=O) groups excluding carboxylic acids is 1. The lowest BCUT2D eigenvalue weighted by molar-refractivity contribution is 0.102. The van der Waals surface area contributed by atoms with Gasteiger partial charge in [0.15, 0.2) is 10.9 Å². The van der Waals surface area contributed by atoms with Gasteiger partial charge < -0.3 is 13.9 Å². The number of hydrogen-bond donors (Lipinski definition) is 0.